The lowest BCUT2D eigenvalue weighted by Crippen LogP contribution is -2.56. The van der Waals surface area contributed by atoms with Crippen LogP contribution in [0.3, 0.4) is 0 Å². The van der Waals surface area contributed by atoms with E-state index in [9.17, 15) is 10.2 Å². The third-order valence-corrected chi connectivity index (χ3v) is 7.52. The van der Waals surface area contributed by atoms with E-state index in [1.54, 1.807) is 0 Å². The first-order chi connectivity index (χ1) is 8.87. The Labute approximate surface area is 117 Å². The van der Waals surface area contributed by atoms with Crippen molar-refractivity contribution in [2.75, 3.05) is 6.61 Å². The topological polar surface area (TPSA) is 40.5 Å². The fraction of sp³-hybridized carbons (Fsp3) is 1.00. The van der Waals surface area contributed by atoms with Crippen LogP contribution >= 0.6 is 0 Å². The molecule has 6 atom stereocenters. The monoisotopic (exact) mass is 266 g/mol. The van der Waals surface area contributed by atoms with Gasteiger partial charge in [-0.15, -0.1) is 0 Å². The highest BCUT2D eigenvalue weighted by Gasteiger charge is 2.62. The summed E-state index contributed by atoms with van der Waals surface area (Å²) in [5, 5.41) is 20.3. The number of hydrogen-bond acceptors (Lipinski definition) is 2. The Bertz CT molecular complexity index is 364. The largest absolute Gasteiger partial charge is 0.396 e. The molecule has 3 fully saturated rings. The maximum atomic E-state index is 10.4. The summed E-state index contributed by atoms with van der Waals surface area (Å²) in [4.78, 5) is 0. The molecule has 19 heavy (non-hydrogen) atoms. The number of fused-ring (bicyclic) bond motifs is 3. The Morgan fingerprint density at radius 1 is 0.895 bits per heavy atom. The maximum absolute atomic E-state index is 10.4. The summed E-state index contributed by atoms with van der Waals surface area (Å²) in [6, 6.07) is 0. The predicted octanol–water partition coefficient (Wildman–Crippen LogP) is 3.36. The quantitative estimate of drug-likeness (QED) is 0.764. The third-order valence-electron chi connectivity index (χ3n) is 7.52. The van der Waals surface area contributed by atoms with Crippen LogP contribution < -0.4 is 0 Å². The molecule has 0 spiro atoms. The van der Waals surface area contributed by atoms with Gasteiger partial charge in [-0.1, -0.05) is 27.2 Å². The van der Waals surface area contributed by atoms with Gasteiger partial charge in [0.25, 0.3) is 0 Å². The zero-order valence-corrected chi connectivity index (χ0v) is 12.8. The summed E-state index contributed by atoms with van der Waals surface area (Å²) in [6.07, 6.45) is 8.12. The van der Waals surface area contributed by atoms with Crippen LogP contribution in [0.5, 0.6) is 0 Å². The van der Waals surface area contributed by atoms with E-state index in [-0.39, 0.29) is 16.9 Å². The molecule has 0 aliphatic heterocycles. The minimum atomic E-state index is -0.0995. The molecule has 3 saturated carbocycles. The molecule has 0 heterocycles. The van der Waals surface area contributed by atoms with Crippen LogP contribution in [0.25, 0.3) is 0 Å². The van der Waals surface area contributed by atoms with E-state index in [2.05, 4.69) is 20.8 Å². The summed E-state index contributed by atoms with van der Waals surface area (Å²) >= 11 is 0. The maximum Gasteiger partial charge on any atom is 0.0596 e. The van der Waals surface area contributed by atoms with Crippen molar-refractivity contribution < 1.29 is 10.2 Å². The first-order valence-electron chi connectivity index (χ1n) is 8.16. The molecular weight excluding hydrogens is 236 g/mol. The van der Waals surface area contributed by atoms with Crippen LogP contribution in [0.15, 0.2) is 0 Å². The van der Waals surface area contributed by atoms with Crippen LogP contribution in [0, 0.1) is 28.1 Å². The molecule has 3 aliphatic carbocycles. The lowest BCUT2D eigenvalue weighted by Gasteiger charge is -2.61. The molecule has 0 aromatic carbocycles. The molecular formula is C17H30O2. The summed E-state index contributed by atoms with van der Waals surface area (Å²) < 4.78 is 0. The van der Waals surface area contributed by atoms with Crippen molar-refractivity contribution in [2.24, 2.45) is 28.1 Å². The number of aliphatic hydroxyl groups excluding tert-OH is 2. The van der Waals surface area contributed by atoms with Gasteiger partial charge in [0.2, 0.25) is 0 Å². The van der Waals surface area contributed by atoms with Crippen LogP contribution in [-0.4, -0.2) is 22.9 Å². The molecule has 3 rings (SSSR count). The summed E-state index contributed by atoms with van der Waals surface area (Å²) in [5.41, 5.74) is 0.584. The van der Waals surface area contributed by atoms with E-state index >= 15 is 0 Å². The predicted molar refractivity (Wildman–Crippen MR) is 76.7 cm³/mol. The normalized spacial score (nSPS) is 57.6. The minimum Gasteiger partial charge on any atom is -0.396 e. The highest BCUT2D eigenvalue weighted by molar-refractivity contribution is 5.11. The average molecular weight is 266 g/mol. The molecule has 0 amide bonds. The number of hydrogen-bond donors (Lipinski definition) is 2. The van der Waals surface area contributed by atoms with Crippen molar-refractivity contribution in [3.05, 3.63) is 0 Å². The van der Waals surface area contributed by atoms with E-state index in [1.165, 1.54) is 32.1 Å². The van der Waals surface area contributed by atoms with Gasteiger partial charge in [-0.25, -0.2) is 0 Å². The average Bonchev–Trinajstić information content (AvgIpc) is 2.67. The Balaban J connectivity index is 1.98. The second-order valence-electron chi connectivity index (χ2n) is 8.41. The standard InChI is InChI=1S/C17H30O2/c1-15(11-18)8-4-9-16(2)12(15)7-10-17(3)13(16)5-6-14(17)19/h12-14,18-19H,4-11H2,1-3H3/t12-,13+,14+,15-,16-,17-/m0/s1. The van der Waals surface area contributed by atoms with Crippen molar-refractivity contribution >= 4 is 0 Å². The van der Waals surface area contributed by atoms with Gasteiger partial charge >= 0.3 is 0 Å². The zero-order chi connectivity index (χ0) is 13.9. The Hall–Kier alpha value is -0.0800. The number of rotatable bonds is 1. The van der Waals surface area contributed by atoms with Crippen LogP contribution in [0.4, 0.5) is 0 Å². The van der Waals surface area contributed by atoms with Gasteiger partial charge in [0.15, 0.2) is 0 Å². The van der Waals surface area contributed by atoms with Crippen molar-refractivity contribution in [3.63, 3.8) is 0 Å². The third kappa shape index (κ3) is 1.68. The van der Waals surface area contributed by atoms with Gasteiger partial charge in [0.1, 0.15) is 0 Å². The molecule has 2 N–H and O–H groups in total. The van der Waals surface area contributed by atoms with Gasteiger partial charge in [0, 0.05) is 6.61 Å². The molecule has 0 radical (unpaired) electrons. The lowest BCUT2D eigenvalue weighted by atomic mass is 9.43. The van der Waals surface area contributed by atoms with Crippen molar-refractivity contribution in [2.45, 2.75) is 71.8 Å². The highest BCUT2D eigenvalue weighted by atomic mass is 16.3. The second kappa shape index (κ2) is 4.21. The molecule has 0 unspecified atom stereocenters. The second-order valence-corrected chi connectivity index (χ2v) is 8.41. The van der Waals surface area contributed by atoms with Crippen molar-refractivity contribution in [1.82, 2.24) is 0 Å². The van der Waals surface area contributed by atoms with Gasteiger partial charge < -0.3 is 10.2 Å². The van der Waals surface area contributed by atoms with Gasteiger partial charge in [0.05, 0.1) is 6.10 Å². The fourth-order valence-electron chi connectivity index (χ4n) is 6.40. The zero-order valence-electron chi connectivity index (χ0n) is 12.8. The molecule has 2 nitrogen and oxygen atoms in total. The molecule has 0 aromatic heterocycles. The van der Waals surface area contributed by atoms with Gasteiger partial charge in [-0.3, -0.25) is 0 Å². The van der Waals surface area contributed by atoms with E-state index in [0.717, 1.165) is 12.8 Å². The van der Waals surface area contributed by atoms with Crippen LogP contribution in [0.1, 0.15) is 65.7 Å². The van der Waals surface area contributed by atoms with E-state index in [4.69, 9.17) is 0 Å². The molecule has 110 valence electrons. The van der Waals surface area contributed by atoms with E-state index in [0.29, 0.717) is 23.9 Å². The summed E-state index contributed by atoms with van der Waals surface area (Å²) in [5.74, 6) is 1.29. The van der Waals surface area contributed by atoms with Crippen LogP contribution in [0.2, 0.25) is 0 Å². The molecule has 0 saturated heterocycles. The Morgan fingerprint density at radius 2 is 1.63 bits per heavy atom. The van der Waals surface area contributed by atoms with Gasteiger partial charge in [-0.05, 0) is 66.6 Å². The molecule has 0 bridgehead atoms. The Morgan fingerprint density at radius 3 is 2.32 bits per heavy atom. The fourth-order valence-corrected chi connectivity index (χ4v) is 6.40. The highest BCUT2D eigenvalue weighted by Crippen LogP contribution is 2.68. The SMILES string of the molecule is C[C@@]1(CO)CCC[C@]2(C)[C@H]3CC[C@@H](O)[C@@]3(C)CC[C@@H]12. The molecule has 3 aliphatic rings. The Kier molecular flexibility index (Phi) is 3.07. The summed E-state index contributed by atoms with van der Waals surface area (Å²) in [6.45, 7) is 7.41. The minimum absolute atomic E-state index is 0.0995. The molecule has 0 aromatic rings. The van der Waals surface area contributed by atoms with Gasteiger partial charge in [-0.2, -0.15) is 0 Å². The smallest absolute Gasteiger partial charge is 0.0596 e. The lowest BCUT2D eigenvalue weighted by molar-refractivity contribution is -0.151. The van der Waals surface area contributed by atoms with E-state index < -0.39 is 0 Å². The first-order valence-corrected chi connectivity index (χ1v) is 8.16. The van der Waals surface area contributed by atoms with E-state index in [1.807, 2.05) is 0 Å². The van der Waals surface area contributed by atoms with Crippen LogP contribution in [-0.2, 0) is 0 Å². The number of aliphatic hydroxyl groups is 2. The van der Waals surface area contributed by atoms with Crippen molar-refractivity contribution in [1.29, 1.82) is 0 Å². The summed E-state index contributed by atoms with van der Waals surface area (Å²) in [7, 11) is 0. The first kappa shape index (κ1) is 13.9. The van der Waals surface area contributed by atoms with Crippen molar-refractivity contribution in [3.8, 4) is 0 Å². The molecule has 2 heteroatoms.